The molecule has 17 heavy (non-hydrogen) atoms. The summed E-state index contributed by atoms with van der Waals surface area (Å²) >= 11 is 1.41. The molecule has 1 amide bonds. The van der Waals surface area contributed by atoms with Gasteiger partial charge in [-0.3, -0.25) is 4.79 Å². The Labute approximate surface area is 105 Å². The topological polar surface area (TPSA) is 81.1 Å². The summed E-state index contributed by atoms with van der Waals surface area (Å²) in [6, 6.07) is 0.430. The molecule has 3 N–H and O–H groups in total. The fourth-order valence-corrected chi connectivity index (χ4v) is 2.43. The molecule has 1 heterocycles. The van der Waals surface area contributed by atoms with Crippen molar-refractivity contribution in [2.24, 2.45) is 5.73 Å². The van der Waals surface area contributed by atoms with Crippen LogP contribution in [0.15, 0.2) is 15.9 Å². The van der Waals surface area contributed by atoms with E-state index in [1.54, 1.807) is 6.26 Å². The van der Waals surface area contributed by atoms with Gasteiger partial charge in [-0.1, -0.05) is 11.8 Å². The van der Waals surface area contributed by atoms with Gasteiger partial charge in [-0.15, -0.1) is 0 Å². The maximum Gasteiger partial charge on any atom is 0.255 e. The Morgan fingerprint density at radius 2 is 2.47 bits per heavy atom. The molecular formula is C11H17N3O2S. The number of rotatable bonds is 6. The summed E-state index contributed by atoms with van der Waals surface area (Å²) in [5, 5.41) is 3.86. The molecule has 1 aliphatic carbocycles. The van der Waals surface area contributed by atoms with Crippen molar-refractivity contribution in [3.63, 3.8) is 0 Å². The third kappa shape index (κ3) is 3.23. The average molecular weight is 255 g/mol. The fraction of sp³-hybridized carbons (Fsp3) is 0.636. The Bertz CT molecular complexity index is 417. The smallest absolute Gasteiger partial charge is 0.255 e. The molecule has 1 aliphatic rings. The number of oxazole rings is 1. The lowest BCUT2D eigenvalue weighted by Gasteiger charge is -2.26. The highest BCUT2D eigenvalue weighted by atomic mass is 32.2. The van der Waals surface area contributed by atoms with Gasteiger partial charge in [0.25, 0.3) is 5.22 Å². The Hall–Kier alpha value is -1.01. The van der Waals surface area contributed by atoms with E-state index in [0.29, 0.717) is 17.0 Å². The quantitative estimate of drug-likeness (QED) is 0.743. The predicted molar refractivity (Wildman–Crippen MR) is 65.7 cm³/mol. The minimum atomic E-state index is -0.700. The van der Waals surface area contributed by atoms with Crippen LogP contribution in [-0.4, -0.2) is 28.2 Å². The summed E-state index contributed by atoms with van der Waals surface area (Å²) < 4.78 is 5.23. The van der Waals surface area contributed by atoms with Gasteiger partial charge in [0.15, 0.2) is 0 Å². The van der Waals surface area contributed by atoms with Crippen molar-refractivity contribution in [1.82, 2.24) is 10.3 Å². The largest absolute Gasteiger partial charge is 0.440 e. The van der Waals surface area contributed by atoms with Gasteiger partial charge in [0.1, 0.15) is 11.8 Å². The monoisotopic (exact) mass is 255 g/mol. The van der Waals surface area contributed by atoms with Crippen LogP contribution in [0.25, 0.3) is 0 Å². The first-order valence-corrected chi connectivity index (χ1v) is 6.61. The lowest BCUT2D eigenvalue weighted by Crippen LogP contribution is -2.55. The first-order chi connectivity index (χ1) is 7.99. The van der Waals surface area contributed by atoms with E-state index in [1.165, 1.54) is 11.8 Å². The molecular weight excluding hydrogens is 238 g/mol. The third-order valence-electron chi connectivity index (χ3n) is 2.73. The van der Waals surface area contributed by atoms with Crippen LogP contribution in [0.2, 0.25) is 0 Å². The summed E-state index contributed by atoms with van der Waals surface area (Å²) in [5.74, 6) is 0.193. The molecule has 1 atom stereocenters. The van der Waals surface area contributed by atoms with E-state index in [9.17, 15) is 4.79 Å². The number of nitrogens with two attached hydrogens (primary N) is 1. The van der Waals surface area contributed by atoms with Gasteiger partial charge in [-0.2, -0.15) is 0 Å². The van der Waals surface area contributed by atoms with E-state index in [-0.39, 0.29) is 5.91 Å². The standard InChI is InChI=1S/C11H17N3O2S/c1-7-5-16-10(13-7)17-6-11(2,9(12)15)14-8-3-4-8/h5,8,14H,3-4,6H2,1-2H3,(H2,12,15). The first-order valence-electron chi connectivity index (χ1n) is 5.62. The second-order valence-corrected chi connectivity index (χ2v) is 5.59. The van der Waals surface area contributed by atoms with Crippen LogP contribution < -0.4 is 11.1 Å². The molecule has 2 rings (SSSR count). The van der Waals surface area contributed by atoms with Crippen LogP contribution in [0.4, 0.5) is 0 Å². The molecule has 1 saturated carbocycles. The molecule has 1 aromatic heterocycles. The predicted octanol–water partition coefficient (Wildman–Crippen LogP) is 1.07. The molecule has 0 spiro atoms. The molecule has 0 saturated heterocycles. The zero-order chi connectivity index (χ0) is 12.5. The van der Waals surface area contributed by atoms with E-state index < -0.39 is 5.54 Å². The van der Waals surface area contributed by atoms with Crippen LogP contribution in [0, 0.1) is 6.92 Å². The highest BCUT2D eigenvalue weighted by Gasteiger charge is 2.37. The number of nitrogens with zero attached hydrogens (tertiary/aromatic N) is 1. The Kier molecular flexibility index (Phi) is 3.44. The number of hydrogen-bond acceptors (Lipinski definition) is 5. The minimum absolute atomic E-state index is 0.333. The van der Waals surface area contributed by atoms with Crippen molar-refractivity contribution in [1.29, 1.82) is 0 Å². The van der Waals surface area contributed by atoms with Crippen molar-refractivity contribution in [2.75, 3.05) is 5.75 Å². The SMILES string of the molecule is Cc1coc(SCC(C)(NC2CC2)C(N)=O)n1. The zero-order valence-corrected chi connectivity index (χ0v) is 10.8. The van der Waals surface area contributed by atoms with Crippen molar-refractivity contribution in [3.05, 3.63) is 12.0 Å². The molecule has 1 aromatic rings. The molecule has 94 valence electrons. The number of aryl methyl sites for hydroxylation is 1. The molecule has 0 bridgehead atoms. The molecule has 1 fully saturated rings. The van der Waals surface area contributed by atoms with Crippen LogP contribution in [0.1, 0.15) is 25.5 Å². The van der Waals surface area contributed by atoms with Crippen LogP contribution in [0.5, 0.6) is 0 Å². The second kappa shape index (κ2) is 4.70. The van der Waals surface area contributed by atoms with Gasteiger partial charge in [0, 0.05) is 11.8 Å². The normalized spacial score (nSPS) is 18.9. The van der Waals surface area contributed by atoms with E-state index in [4.69, 9.17) is 10.2 Å². The van der Waals surface area contributed by atoms with Crippen molar-refractivity contribution < 1.29 is 9.21 Å². The number of primary amides is 1. The van der Waals surface area contributed by atoms with Gasteiger partial charge in [-0.05, 0) is 26.7 Å². The average Bonchev–Trinajstić information content (AvgIpc) is 2.96. The third-order valence-corrected chi connectivity index (χ3v) is 3.88. The summed E-state index contributed by atoms with van der Waals surface area (Å²) in [4.78, 5) is 15.7. The lowest BCUT2D eigenvalue weighted by molar-refractivity contribution is -0.123. The molecule has 1 unspecified atom stereocenters. The van der Waals surface area contributed by atoms with E-state index in [0.717, 1.165) is 18.5 Å². The number of thioether (sulfide) groups is 1. The number of nitrogens with one attached hydrogen (secondary N) is 1. The molecule has 0 radical (unpaired) electrons. The lowest BCUT2D eigenvalue weighted by atomic mass is 10.1. The molecule has 5 nitrogen and oxygen atoms in total. The molecule has 0 aromatic carbocycles. The van der Waals surface area contributed by atoms with Gasteiger partial charge in [-0.25, -0.2) is 4.98 Å². The maximum atomic E-state index is 11.5. The molecule has 6 heteroatoms. The van der Waals surface area contributed by atoms with Crippen LogP contribution in [-0.2, 0) is 4.79 Å². The van der Waals surface area contributed by atoms with Gasteiger partial charge >= 0.3 is 0 Å². The summed E-state index contributed by atoms with van der Waals surface area (Å²) in [7, 11) is 0. The van der Waals surface area contributed by atoms with Crippen LogP contribution >= 0.6 is 11.8 Å². The van der Waals surface area contributed by atoms with Gasteiger partial charge < -0.3 is 15.5 Å². The van der Waals surface area contributed by atoms with Crippen molar-refractivity contribution in [2.45, 2.75) is 43.5 Å². The maximum absolute atomic E-state index is 11.5. The Morgan fingerprint density at radius 3 is 2.94 bits per heavy atom. The van der Waals surface area contributed by atoms with Crippen molar-refractivity contribution >= 4 is 17.7 Å². The summed E-state index contributed by atoms with van der Waals surface area (Å²) in [6.07, 6.45) is 3.83. The number of carbonyl (C=O) groups is 1. The number of amides is 1. The van der Waals surface area contributed by atoms with Gasteiger partial charge in [0.05, 0.1) is 5.69 Å². The minimum Gasteiger partial charge on any atom is -0.440 e. The van der Waals surface area contributed by atoms with E-state index in [2.05, 4.69) is 10.3 Å². The van der Waals surface area contributed by atoms with E-state index in [1.807, 2.05) is 13.8 Å². The highest BCUT2D eigenvalue weighted by molar-refractivity contribution is 7.99. The number of hydrogen-bond donors (Lipinski definition) is 2. The van der Waals surface area contributed by atoms with Crippen LogP contribution in [0.3, 0.4) is 0 Å². The number of aromatic nitrogens is 1. The van der Waals surface area contributed by atoms with Gasteiger partial charge in [0.2, 0.25) is 5.91 Å². The Morgan fingerprint density at radius 1 is 1.76 bits per heavy atom. The van der Waals surface area contributed by atoms with E-state index >= 15 is 0 Å². The second-order valence-electron chi connectivity index (χ2n) is 4.66. The Balaban J connectivity index is 1.95. The summed E-state index contributed by atoms with van der Waals surface area (Å²) in [5.41, 5.74) is 5.59. The molecule has 0 aliphatic heterocycles. The van der Waals surface area contributed by atoms with Crippen molar-refractivity contribution in [3.8, 4) is 0 Å². The highest BCUT2D eigenvalue weighted by Crippen LogP contribution is 2.27. The fourth-order valence-electron chi connectivity index (χ4n) is 1.47. The zero-order valence-electron chi connectivity index (χ0n) is 10.0. The number of carbonyl (C=O) groups excluding carboxylic acids is 1. The summed E-state index contributed by atoms with van der Waals surface area (Å²) in [6.45, 7) is 3.69. The first kappa shape index (κ1) is 12.4.